The Kier molecular flexibility index (Phi) is 4.64. The lowest BCUT2D eigenvalue weighted by Crippen LogP contribution is -2.39. The van der Waals surface area contributed by atoms with Crippen molar-refractivity contribution in [2.75, 3.05) is 18.8 Å². The first kappa shape index (κ1) is 14.8. The molecule has 0 spiro atoms. The summed E-state index contributed by atoms with van der Waals surface area (Å²) < 4.78 is 1.53. The summed E-state index contributed by atoms with van der Waals surface area (Å²) >= 11 is 1.24. The van der Waals surface area contributed by atoms with E-state index in [9.17, 15) is 14.4 Å². The summed E-state index contributed by atoms with van der Waals surface area (Å²) in [6.07, 6.45) is 0.880. The van der Waals surface area contributed by atoms with Gasteiger partial charge in [-0.2, -0.15) is 0 Å². The zero-order valence-corrected chi connectivity index (χ0v) is 12.4. The summed E-state index contributed by atoms with van der Waals surface area (Å²) in [5.41, 5.74) is -0.265. The van der Waals surface area contributed by atoms with Gasteiger partial charge in [0, 0.05) is 32.0 Å². The van der Waals surface area contributed by atoms with Gasteiger partial charge in [0.05, 0.1) is 5.75 Å². The molecule has 1 amide bonds. The van der Waals surface area contributed by atoms with Gasteiger partial charge in [0.15, 0.2) is 5.16 Å². The van der Waals surface area contributed by atoms with Crippen molar-refractivity contribution < 1.29 is 9.59 Å². The van der Waals surface area contributed by atoms with Gasteiger partial charge in [-0.25, -0.2) is 9.89 Å². The van der Waals surface area contributed by atoms with E-state index in [0.717, 1.165) is 0 Å². The van der Waals surface area contributed by atoms with Crippen molar-refractivity contribution in [3.63, 3.8) is 0 Å². The first-order valence-electron chi connectivity index (χ1n) is 6.58. The highest BCUT2D eigenvalue weighted by Gasteiger charge is 2.21. The molecule has 1 N–H and O–H groups in total. The zero-order chi connectivity index (χ0) is 14.7. The maximum absolute atomic E-state index is 12.0. The van der Waals surface area contributed by atoms with Gasteiger partial charge in [-0.15, -0.1) is 5.10 Å². The molecule has 110 valence electrons. The fraction of sp³-hybridized carbons (Fsp3) is 0.667. The van der Waals surface area contributed by atoms with E-state index in [4.69, 9.17) is 0 Å². The van der Waals surface area contributed by atoms with Crippen LogP contribution < -0.4 is 5.69 Å². The number of amides is 1. The maximum atomic E-state index is 12.0. The van der Waals surface area contributed by atoms with Gasteiger partial charge in [0.25, 0.3) is 0 Å². The molecule has 0 saturated carbocycles. The first-order chi connectivity index (χ1) is 9.49. The van der Waals surface area contributed by atoms with Gasteiger partial charge in [-0.1, -0.05) is 11.8 Å². The number of hydrogen-bond acceptors (Lipinski definition) is 5. The number of rotatable bonds is 4. The van der Waals surface area contributed by atoms with Gasteiger partial charge in [0.2, 0.25) is 5.91 Å². The van der Waals surface area contributed by atoms with Crippen LogP contribution in [0.4, 0.5) is 0 Å². The number of nitrogens with zero attached hydrogens (tertiary/aromatic N) is 3. The second kappa shape index (κ2) is 6.25. The van der Waals surface area contributed by atoms with Crippen molar-refractivity contribution in [1.29, 1.82) is 0 Å². The molecule has 1 aliphatic rings. The van der Waals surface area contributed by atoms with E-state index >= 15 is 0 Å². The lowest BCUT2D eigenvalue weighted by molar-refractivity contribution is -0.132. The Bertz CT molecular complexity index is 553. The predicted molar refractivity (Wildman–Crippen MR) is 74.8 cm³/mol. The molecule has 1 aromatic heterocycles. The van der Waals surface area contributed by atoms with E-state index in [1.165, 1.54) is 16.3 Å². The third kappa shape index (κ3) is 3.30. The highest BCUT2D eigenvalue weighted by Crippen LogP contribution is 2.18. The van der Waals surface area contributed by atoms with E-state index in [1.54, 1.807) is 4.90 Å². The van der Waals surface area contributed by atoms with Crippen LogP contribution in [0.2, 0.25) is 0 Å². The highest BCUT2D eigenvalue weighted by atomic mass is 32.2. The number of thioether (sulfide) groups is 1. The van der Waals surface area contributed by atoms with Gasteiger partial charge < -0.3 is 4.90 Å². The molecule has 0 radical (unpaired) electrons. The second-order valence-corrected chi connectivity index (χ2v) is 5.93. The number of carbonyl (C=O) groups is 2. The molecular weight excluding hydrogens is 280 g/mol. The van der Waals surface area contributed by atoms with Crippen LogP contribution in [0, 0.1) is 0 Å². The Morgan fingerprint density at radius 3 is 2.60 bits per heavy atom. The summed E-state index contributed by atoms with van der Waals surface area (Å²) in [7, 11) is 0. The lowest BCUT2D eigenvalue weighted by atomic mass is 10.1. The molecule has 2 rings (SSSR count). The number of likely N-dealkylation sites (tertiary alicyclic amines) is 1. The number of piperidine rings is 1. The van der Waals surface area contributed by atoms with Gasteiger partial charge >= 0.3 is 5.69 Å². The first-order valence-corrected chi connectivity index (χ1v) is 7.56. The molecular formula is C12H18N4O3S. The van der Waals surface area contributed by atoms with Crippen molar-refractivity contribution >= 4 is 23.5 Å². The van der Waals surface area contributed by atoms with Crippen LogP contribution in [0.25, 0.3) is 0 Å². The molecule has 0 bridgehead atoms. The van der Waals surface area contributed by atoms with E-state index < -0.39 is 0 Å². The number of carbonyl (C=O) groups excluding carboxylic acids is 2. The van der Waals surface area contributed by atoms with E-state index in [-0.39, 0.29) is 29.2 Å². The number of aromatic amines is 1. The third-order valence-electron chi connectivity index (χ3n) is 3.19. The van der Waals surface area contributed by atoms with Crippen molar-refractivity contribution in [2.45, 2.75) is 37.9 Å². The minimum Gasteiger partial charge on any atom is -0.341 e. The molecule has 7 nitrogen and oxygen atoms in total. The molecule has 2 heterocycles. The SMILES string of the molecule is CC(C)n1c(SCC(=O)N2CCC(=O)CC2)n[nH]c1=O. The topological polar surface area (TPSA) is 88.1 Å². The predicted octanol–water partition coefficient (Wildman–Crippen LogP) is 0.436. The van der Waals surface area contributed by atoms with Crippen LogP contribution in [-0.2, 0) is 9.59 Å². The van der Waals surface area contributed by atoms with Crippen molar-refractivity contribution in [3.05, 3.63) is 10.5 Å². The monoisotopic (exact) mass is 298 g/mol. The molecule has 20 heavy (non-hydrogen) atoms. The molecule has 0 aliphatic carbocycles. The fourth-order valence-electron chi connectivity index (χ4n) is 2.07. The van der Waals surface area contributed by atoms with Crippen LogP contribution in [0.1, 0.15) is 32.7 Å². The average molecular weight is 298 g/mol. The Balaban J connectivity index is 1.94. The third-order valence-corrected chi connectivity index (χ3v) is 4.12. The lowest BCUT2D eigenvalue weighted by Gasteiger charge is -2.25. The molecule has 0 atom stereocenters. The molecule has 1 fully saturated rings. The number of Topliss-reactive ketones (excluding diaryl/α,β-unsaturated/α-hetero) is 1. The van der Waals surface area contributed by atoms with Crippen LogP contribution in [0.15, 0.2) is 9.95 Å². The Labute approximate surface area is 120 Å². The Morgan fingerprint density at radius 1 is 1.35 bits per heavy atom. The largest absolute Gasteiger partial charge is 0.344 e. The van der Waals surface area contributed by atoms with E-state index in [1.807, 2.05) is 13.8 Å². The number of nitrogens with one attached hydrogen (secondary N) is 1. The van der Waals surface area contributed by atoms with E-state index in [2.05, 4.69) is 10.2 Å². The standard InChI is InChI=1S/C12H18N4O3S/c1-8(2)16-11(19)13-14-12(16)20-7-10(18)15-5-3-9(17)4-6-15/h8H,3-7H2,1-2H3,(H,13,19). The van der Waals surface area contributed by atoms with Crippen molar-refractivity contribution in [1.82, 2.24) is 19.7 Å². The van der Waals surface area contributed by atoms with Crippen LogP contribution in [0.5, 0.6) is 0 Å². The summed E-state index contributed by atoms with van der Waals surface area (Å²) in [6.45, 7) is 4.77. The number of ketones is 1. The van der Waals surface area contributed by atoms with Crippen LogP contribution >= 0.6 is 11.8 Å². The quantitative estimate of drug-likeness (QED) is 0.815. The minimum atomic E-state index is -0.265. The summed E-state index contributed by atoms with van der Waals surface area (Å²) in [6, 6.07) is -0.00791. The smallest absolute Gasteiger partial charge is 0.341 e. The molecule has 0 aromatic carbocycles. The Hall–Kier alpha value is -1.57. The maximum Gasteiger partial charge on any atom is 0.344 e. The van der Waals surface area contributed by atoms with Crippen LogP contribution in [0.3, 0.4) is 0 Å². The number of aromatic nitrogens is 3. The zero-order valence-electron chi connectivity index (χ0n) is 11.6. The normalized spacial score (nSPS) is 15.9. The molecule has 0 unspecified atom stereocenters. The van der Waals surface area contributed by atoms with E-state index in [0.29, 0.717) is 31.1 Å². The molecule has 1 saturated heterocycles. The molecule has 1 aromatic rings. The summed E-state index contributed by atoms with van der Waals surface area (Å²) in [4.78, 5) is 36.4. The number of H-pyrrole nitrogens is 1. The van der Waals surface area contributed by atoms with Gasteiger partial charge in [-0.05, 0) is 13.8 Å². The summed E-state index contributed by atoms with van der Waals surface area (Å²) in [5.74, 6) is 0.418. The number of hydrogen-bond donors (Lipinski definition) is 1. The fourth-order valence-corrected chi connectivity index (χ4v) is 3.05. The highest BCUT2D eigenvalue weighted by molar-refractivity contribution is 7.99. The minimum absolute atomic E-state index is 0.00791. The average Bonchev–Trinajstić information content (AvgIpc) is 2.78. The van der Waals surface area contributed by atoms with Crippen molar-refractivity contribution in [3.8, 4) is 0 Å². The van der Waals surface area contributed by atoms with Gasteiger partial charge in [0.1, 0.15) is 5.78 Å². The second-order valence-electron chi connectivity index (χ2n) is 4.98. The van der Waals surface area contributed by atoms with Gasteiger partial charge in [-0.3, -0.25) is 14.2 Å². The summed E-state index contributed by atoms with van der Waals surface area (Å²) in [5, 5.41) is 6.84. The van der Waals surface area contributed by atoms with Crippen molar-refractivity contribution in [2.24, 2.45) is 0 Å². The van der Waals surface area contributed by atoms with Crippen LogP contribution in [-0.4, -0.2) is 50.2 Å². The Morgan fingerprint density at radius 2 is 2.00 bits per heavy atom. The molecule has 8 heteroatoms. The molecule has 1 aliphatic heterocycles.